The van der Waals surface area contributed by atoms with E-state index in [-0.39, 0.29) is 18.0 Å². The van der Waals surface area contributed by atoms with Gasteiger partial charge < -0.3 is 4.74 Å². The first-order chi connectivity index (χ1) is 7.95. The van der Waals surface area contributed by atoms with Gasteiger partial charge in [0.05, 0.1) is 12.8 Å². The zero-order valence-corrected chi connectivity index (χ0v) is 10.5. The molecule has 96 valence electrons. The summed E-state index contributed by atoms with van der Waals surface area (Å²) in [5.74, 6) is -0.598. The van der Waals surface area contributed by atoms with Gasteiger partial charge in [0.2, 0.25) is 10.0 Å². The molecule has 8 heteroatoms. The first-order valence-corrected chi connectivity index (χ1v) is 6.58. The number of sulfonamides is 1. The summed E-state index contributed by atoms with van der Waals surface area (Å²) in [6.07, 6.45) is 3.25. The van der Waals surface area contributed by atoms with Crippen molar-refractivity contribution in [1.29, 1.82) is 0 Å². The molecule has 0 saturated heterocycles. The molecule has 0 spiro atoms. The second-order valence-corrected chi connectivity index (χ2v) is 5.16. The van der Waals surface area contributed by atoms with E-state index in [4.69, 9.17) is 4.74 Å². The highest BCUT2D eigenvalue weighted by Crippen LogP contribution is 2.05. The standard InChI is InChI=1S/C9H15N3O4S/c1-3-4-16-9(13)6-11-17(14,15)8-5-10-12(2)7-8/h5,7,11H,3-4,6H2,1-2H3. The van der Waals surface area contributed by atoms with Gasteiger partial charge in [0.1, 0.15) is 11.4 Å². The Hall–Kier alpha value is -1.41. The van der Waals surface area contributed by atoms with E-state index in [0.717, 1.165) is 0 Å². The van der Waals surface area contributed by atoms with Crippen LogP contribution in [0.4, 0.5) is 0 Å². The molecule has 1 aromatic heterocycles. The molecule has 0 aliphatic heterocycles. The molecule has 0 unspecified atom stereocenters. The Morgan fingerprint density at radius 1 is 1.59 bits per heavy atom. The molecule has 7 nitrogen and oxygen atoms in total. The minimum atomic E-state index is -3.69. The molecule has 1 N–H and O–H groups in total. The summed E-state index contributed by atoms with van der Waals surface area (Å²) in [5.41, 5.74) is 0. The number of carbonyl (C=O) groups is 1. The van der Waals surface area contributed by atoms with Crippen LogP contribution in [0.1, 0.15) is 13.3 Å². The molecule has 1 heterocycles. The van der Waals surface area contributed by atoms with Gasteiger partial charge in [0.15, 0.2) is 0 Å². The normalized spacial score (nSPS) is 11.4. The molecule has 0 atom stereocenters. The maximum absolute atomic E-state index is 11.7. The fourth-order valence-corrected chi connectivity index (χ4v) is 1.99. The summed E-state index contributed by atoms with van der Waals surface area (Å²) in [6.45, 7) is 1.76. The van der Waals surface area contributed by atoms with Crippen molar-refractivity contribution in [3.63, 3.8) is 0 Å². The molecular weight excluding hydrogens is 246 g/mol. The predicted octanol–water partition coefficient (Wildman–Crippen LogP) is -0.348. The van der Waals surface area contributed by atoms with Crippen LogP contribution in [-0.4, -0.2) is 37.3 Å². The Bertz CT molecular complexity index is 480. The number of ether oxygens (including phenoxy) is 1. The maximum atomic E-state index is 11.7. The molecule has 1 aromatic rings. The van der Waals surface area contributed by atoms with Gasteiger partial charge in [-0.15, -0.1) is 0 Å². The number of aryl methyl sites for hydroxylation is 1. The highest BCUT2D eigenvalue weighted by atomic mass is 32.2. The monoisotopic (exact) mass is 261 g/mol. The third-order valence-electron chi connectivity index (χ3n) is 1.87. The third kappa shape index (κ3) is 4.16. The van der Waals surface area contributed by atoms with Crippen LogP contribution >= 0.6 is 0 Å². The molecule has 17 heavy (non-hydrogen) atoms. The molecule has 0 bridgehead atoms. The molecule has 0 amide bonds. The molecule has 0 aliphatic rings. The summed E-state index contributed by atoms with van der Waals surface area (Å²) in [5, 5.41) is 3.74. The lowest BCUT2D eigenvalue weighted by Gasteiger charge is -2.04. The van der Waals surface area contributed by atoms with Gasteiger partial charge in [-0.1, -0.05) is 6.92 Å². The van der Waals surface area contributed by atoms with Crippen molar-refractivity contribution in [3.05, 3.63) is 12.4 Å². The number of rotatable bonds is 6. The SMILES string of the molecule is CCCOC(=O)CNS(=O)(=O)c1cnn(C)c1. The van der Waals surface area contributed by atoms with Gasteiger partial charge in [-0.3, -0.25) is 9.48 Å². The topological polar surface area (TPSA) is 90.3 Å². The Kier molecular flexibility index (Phi) is 4.64. The first-order valence-electron chi connectivity index (χ1n) is 5.09. The van der Waals surface area contributed by atoms with Crippen molar-refractivity contribution < 1.29 is 17.9 Å². The van der Waals surface area contributed by atoms with E-state index in [1.54, 1.807) is 7.05 Å². The summed E-state index contributed by atoms with van der Waals surface area (Å²) in [6, 6.07) is 0. The largest absolute Gasteiger partial charge is 0.465 e. The highest BCUT2D eigenvalue weighted by molar-refractivity contribution is 7.89. The highest BCUT2D eigenvalue weighted by Gasteiger charge is 2.17. The molecule has 0 saturated carbocycles. The lowest BCUT2D eigenvalue weighted by Crippen LogP contribution is -2.30. The molecular formula is C9H15N3O4S. The second-order valence-electron chi connectivity index (χ2n) is 3.39. The van der Waals surface area contributed by atoms with Crippen LogP contribution < -0.4 is 4.72 Å². The average Bonchev–Trinajstić information content (AvgIpc) is 2.71. The third-order valence-corrected chi connectivity index (χ3v) is 3.22. The Labute approximate surface area is 99.8 Å². The van der Waals surface area contributed by atoms with Crippen LogP contribution in [-0.2, 0) is 26.6 Å². The van der Waals surface area contributed by atoms with Crippen LogP contribution in [0.5, 0.6) is 0 Å². The number of aromatic nitrogens is 2. The van der Waals surface area contributed by atoms with Crippen molar-refractivity contribution in [2.24, 2.45) is 7.05 Å². The van der Waals surface area contributed by atoms with Crippen molar-refractivity contribution >= 4 is 16.0 Å². The van der Waals surface area contributed by atoms with E-state index in [0.29, 0.717) is 6.42 Å². The zero-order chi connectivity index (χ0) is 12.9. The lowest BCUT2D eigenvalue weighted by atomic mass is 10.5. The van der Waals surface area contributed by atoms with Gasteiger partial charge in [-0.25, -0.2) is 8.42 Å². The molecule has 0 fully saturated rings. The van der Waals surface area contributed by atoms with Crippen LogP contribution in [0.25, 0.3) is 0 Å². The number of nitrogens with zero attached hydrogens (tertiary/aromatic N) is 2. The smallest absolute Gasteiger partial charge is 0.321 e. The van der Waals surface area contributed by atoms with E-state index in [1.807, 2.05) is 6.92 Å². The quantitative estimate of drug-likeness (QED) is 0.707. The van der Waals surface area contributed by atoms with Crippen LogP contribution in [0.3, 0.4) is 0 Å². The lowest BCUT2D eigenvalue weighted by molar-refractivity contribution is -0.142. The fraction of sp³-hybridized carbons (Fsp3) is 0.556. The van der Waals surface area contributed by atoms with Crippen molar-refractivity contribution in [2.75, 3.05) is 13.2 Å². The number of carbonyl (C=O) groups excluding carboxylic acids is 1. The van der Waals surface area contributed by atoms with E-state index < -0.39 is 16.0 Å². The van der Waals surface area contributed by atoms with Crippen LogP contribution in [0.15, 0.2) is 17.3 Å². The van der Waals surface area contributed by atoms with Gasteiger partial charge in [-0.05, 0) is 6.42 Å². The minimum Gasteiger partial charge on any atom is -0.465 e. The molecule has 1 rings (SSSR count). The minimum absolute atomic E-state index is 0.0169. The number of hydrogen-bond acceptors (Lipinski definition) is 5. The van der Waals surface area contributed by atoms with Crippen molar-refractivity contribution in [3.8, 4) is 0 Å². The van der Waals surface area contributed by atoms with Gasteiger partial charge >= 0.3 is 5.97 Å². The van der Waals surface area contributed by atoms with E-state index in [2.05, 4.69) is 9.82 Å². The first kappa shape index (κ1) is 13.7. The molecule has 0 aliphatic carbocycles. The summed E-state index contributed by atoms with van der Waals surface area (Å²) in [4.78, 5) is 11.1. The fourth-order valence-electron chi connectivity index (χ4n) is 1.04. The van der Waals surface area contributed by atoms with Gasteiger partial charge in [-0.2, -0.15) is 9.82 Å². The average molecular weight is 261 g/mol. The Morgan fingerprint density at radius 2 is 2.29 bits per heavy atom. The number of hydrogen-bond donors (Lipinski definition) is 1. The van der Waals surface area contributed by atoms with Crippen LogP contribution in [0.2, 0.25) is 0 Å². The predicted molar refractivity (Wildman–Crippen MR) is 59.6 cm³/mol. The summed E-state index contributed by atoms with van der Waals surface area (Å²) < 4.78 is 31.6. The van der Waals surface area contributed by atoms with Gasteiger partial charge in [0.25, 0.3) is 0 Å². The van der Waals surface area contributed by atoms with Crippen LogP contribution in [0, 0.1) is 0 Å². The molecule has 0 aromatic carbocycles. The summed E-state index contributed by atoms with van der Waals surface area (Å²) >= 11 is 0. The van der Waals surface area contributed by atoms with Crippen molar-refractivity contribution in [2.45, 2.75) is 18.2 Å². The number of esters is 1. The Morgan fingerprint density at radius 3 is 2.82 bits per heavy atom. The van der Waals surface area contributed by atoms with E-state index in [1.165, 1.54) is 17.1 Å². The number of nitrogens with one attached hydrogen (secondary N) is 1. The van der Waals surface area contributed by atoms with Gasteiger partial charge in [0, 0.05) is 13.2 Å². The Balaban J connectivity index is 2.54. The van der Waals surface area contributed by atoms with E-state index >= 15 is 0 Å². The van der Waals surface area contributed by atoms with E-state index in [9.17, 15) is 13.2 Å². The second kappa shape index (κ2) is 5.78. The van der Waals surface area contributed by atoms with Crippen molar-refractivity contribution in [1.82, 2.24) is 14.5 Å². The maximum Gasteiger partial charge on any atom is 0.321 e. The molecule has 0 radical (unpaired) electrons. The summed E-state index contributed by atoms with van der Waals surface area (Å²) in [7, 11) is -2.09. The zero-order valence-electron chi connectivity index (χ0n) is 9.71.